The maximum absolute atomic E-state index is 12.6. The number of unbranched alkanes of at least 4 members (excludes halogenated alkanes) is 18. The normalized spacial score (nSPS) is 12.7. The lowest BCUT2D eigenvalue weighted by atomic mass is 9.99. The third-order valence-electron chi connectivity index (χ3n) is 9.08. The fraction of sp³-hybridized carbons (Fsp3) is 0.925. The van der Waals surface area contributed by atoms with Crippen molar-refractivity contribution < 1.29 is 28.6 Å². The number of hydrogen-bond acceptors (Lipinski definition) is 6. The Hall–Kier alpha value is -1.59. The minimum Gasteiger partial charge on any atom is -0.462 e. The molecule has 6 nitrogen and oxygen atoms in total. The minimum atomic E-state index is -0.758. The largest absolute Gasteiger partial charge is 0.462 e. The first-order valence-corrected chi connectivity index (χ1v) is 19.8. The fourth-order valence-electron chi connectivity index (χ4n) is 5.66. The SMILES string of the molecule is CCCCCCCC(=O)OC[C@@H](COC(=O)CCCCCCCCCCC(C)C)OC(=O)CCCCCCCCCCC(C)CC. The lowest BCUT2D eigenvalue weighted by molar-refractivity contribution is -0.167. The summed E-state index contributed by atoms with van der Waals surface area (Å²) >= 11 is 0. The zero-order valence-corrected chi connectivity index (χ0v) is 31.2. The molecule has 2 atom stereocenters. The van der Waals surface area contributed by atoms with Crippen LogP contribution in [0, 0.1) is 11.8 Å². The Morgan fingerprint density at radius 1 is 0.457 bits per heavy atom. The number of carbonyl (C=O) groups is 3. The molecule has 0 aliphatic heterocycles. The summed E-state index contributed by atoms with van der Waals surface area (Å²) in [6, 6.07) is 0. The van der Waals surface area contributed by atoms with Gasteiger partial charge in [-0.15, -0.1) is 0 Å². The van der Waals surface area contributed by atoms with E-state index in [1.54, 1.807) is 0 Å². The lowest BCUT2D eigenvalue weighted by Gasteiger charge is -2.18. The van der Waals surface area contributed by atoms with Crippen molar-refractivity contribution in [3.8, 4) is 0 Å². The van der Waals surface area contributed by atoms with Crippen LogP contribution in [0.4, 0.5) is 0 Å². The monoisotopic (exact) mass is 653 g/mol. The molecular formula is C40H76O6. The zero-order chi connectivity index (χ0) is 34.1. The molecule has 0 N–H and O–H groups in total. The van der Waals surface area contributed by atoms with Gasteiger partial charge in [0.15, 0.2) is 6.10 Å². The van der Waals surface area contributed by atoms with Crippen LogP contribution < -0.4 is 0 Å². The van der Waals surface area contributed by atoms with Crippen molar-refractivity contribution >= 4 is 17.9 Å². The highest BCUT2D eigenvalue weighted by molar-refractivity contribution is 5.71. The van der Waals surface area contributed by atoms with Gasteiger partial charge in [-0.2, -0.15) is 0 Å². The summed E-state index contributed by atoms with van der Waals surface area (Å²) < 4.78 is 16.5. The summed E-state index contributed by atoms with van der Waals surface area (Å²) in [7, 11) is 0. The van der Waals surface area contributed by atoms with Crippen LogP contribution in [-0.4, -0.2) is 37.2 Å². The third kappa shape index (κ3) is 32.4. The smallest absolute Gasteiger partial charge is 0.306 e. The van der Waals surface area contributed by atoms with E-state index in [9.17, 15) is 14.4 Å². The summed E-state index contributed by atoms with van der Waals surface area (Å²) in [5, 5.41) is 0. The van der Waals surface area contributed by atoms with Crippen LogP contribution in [0.1, 0.15) is 208 Å². The summed E-state index contributed by atoms with van der Waals surface area (Å²) in [5.74, 6) is 0.759. The number of hydrogen-bond donors (Lipinski definition) is 0. The van der Waals surface area contributed by atoms with Crippen molar-refractivity contribution in [1.29, 1.82) is 0 Å². The molecule has 0 amide bonds. The molecule has 0 radical (unpaired) electrons. The Labute approximate surface area is 285 Å². The van der Waals surface area contributed by atoms with Gasteiger partial charge in [0.25, 0.3) is 0 Å². The van der Waals surface area contributed by atoms with Crippen molar-refractivity contribution in [3.63, 3.8) is 0 Å². The summed E-state index contributed by atoms with van der Waals surface area (Å²) in [4.78, 5) is 37.2. The van der Waals surface area contributed by atoms with Crippen molar-refractivity contribution in [2.24, 2.45) is 11.8 Å². The van der Waals surface area contributed by atoms with Gasteiger partial charge in [0.1, 0.15) is 13.2 Å². The van der Waals surface area contributed by atoms with Crippen molar-refractivity contribution in [1.82, 2.24) is 0 Å². The number of esters is 3. The van der Waals surface area contributed by atoms with E-state index in [1.807, 2.05) is 0 Å². The van der Waals surface area contributed by atoms with Gasteiger partial charge >= 0.3 is 17.9 Å². The van der Waals surface area contributed by atoms with Crippen LogP contribution >= 0.6 is 0 Å². The van der Waals surface area contributed by atoms with Gasteiger partial charge in [-0.1, -0.05) is 169 Å². The number of rotatable bonds is 34. The van der Waals surface area contributed by atoms with E-state index in [1.165, 1.54) is 89.9 Å². The highest BCUT2D eigenvalue weighted by atomic mass is 16.6. The number of ether oxygens (including phenoxy) is 3. The molecule has 0 aromatic carbocycles. The van der Waals surface area contributed by atoms with Gasteiger partial charge < -0.3 is 14.2 Å². The van der Waals surface area contributed by atoms with Crippen LogP contribution in [0.3, 0.4) is 0 Å². The summed E-state index contributed by atoms with van der Waals surface area (Å²) in [6.07, 6.45) is 28.3. The van der Waals surface area contributed by atoms with E-state index < -0.39 is 6.10 Å². The van der Waals surface area contributed by atoms with E-state index in [4.69, 9.17) is 14.2 Å². The Balaban J connectivity index is 4.29. The van der Waals surface area contributed by atoms with Crippen LogP contribution in [-0.2, 0) is 28.6 Å². The molecular weight excluding hydrogens is 576 g/mol. The molecule has 0 aliphatic rings. The molecule has 272 valence electrons. The first kappa shape index (κ1) is 44.4. The van der Waals surface area contributed by atoms with E-state index in [2.05, 4.69) is 34.6 Å². The standard InChI is InChI=1S/C40H76O6/c1-6-8-9-18-25-30-38(41)44-33-37(34-45-39(42)31-26-21-16-12-10-14-19-23-28-35(3)4)46-40(43)32-27-22-17-13-11-15-20-24-29-36(5)7-2/h35-37H,6-34H2,1-5H3/t36?,37-/m0/s1. The summed E-state index contributed by atoms with van der Waals surface area (Å²) in [6.45, 7) is 11.2. The molecule has 0 saturated heterocycles. The third-order valence-corrected chi connectivity index (χ3v) is 9.08. The second-order valence-corrected chi connectivity index (χ2v) is 14.3. The lowest BCUT2D eigenvalue weighted by Crippen LogP contribution is -2.30. The molecule has 0 saturated carbocycles. The predicted octanol–water partition coefficient (Wildman–Crippen LogP) is 11.8. The molecule has 0 aliphatic carbocycles. The molecule has 0 rings (SSSR count). The van der Waals surface area contributed by atoms with Gasteiger partial charge in [0, 0.05) is 19.3 Å². The average Bonchev–Trinajstić information content (AvgIpc) is 3.03. The zero-order valence-electron chi connectivity index (χ0n) is 31.2. The average molecular weight is 653 g/mol. The first-order chi connectivity index (χ1) is 22.3. The molecule has 6 heteroatoms. The minimum absolute atomic E-state index is 0.0677. The summed E-state index contributed by atoms with van der Waals surface area (Å²) in [5.41, 5.74) is 0. The van der Waals surface area contributed by atoms with E-state index in [0.717, 1.165) is 76.0 Å². The van der Waals surface area contributed by atoms with E-state index >= 15 is 0 Å². The second-order valence-electron chi connectivity index (χ2n) is 14.3. The molecule has 0 spiro atoms. The van der Waals surface area contributed by atoms with Crippen molar-refractivity contribution in [2.75, 3.05) is 13.2 Å². The molecule has 0 bridgehead atoms. The van der Waals surface area contributed by atoms with E-state index in [0.29, 0.717) is 19.3 Å². The molecule has 0 fully saturated rings. The van der Waals surface area contributed by atoms with Gasteiger partial charge in [0.2, 0.25) is 0 Å². The molecule has 0 heterocycles. The van der Waals surface area contributed by atoms with Gasteiger partial charge in [0.05, 0.1) is 0 Å². The highest BCUT2D eigenvalue weighted by Gasteiger charge is 2.19. The highest BCUT2D eigenvalue weighted by Crippen LogP contribution is 2.16. The van der Waals surface area contributed by atoms with E-state index in [-0.39, 0.29) is 31.1 Å². The van der Waals surface area contributed by atoms with Crippen LogP contribution in [0.25, 0.3) is 0 Å². The Bertz CT molecular complexity index is 706. The maximum Gasteiger partial charge on any atom is 0.306 e. The van der Waals surface area contributed by atoms with Gasteiger partial charge in [-0.25, -0.2) is 0 Å². The van der Waals surface area contributed by atoms with Gasteiger partial charge in [-0.3, -0.25) is 14.4 Å². The Kier molecular flexibility index (Phi) is 32.2. The quantitative estimate of drug-likeness (QED) is 0.0391. The van der Waals surface area contributed by atoms with Crippen LogP contribution in [0.15, 0.2) is 0 Å². The maximum atomic E-state index is 12.6. The van der Waals surface area contributed by atoms with Gasteiger partial charge in [-0.05, 0) is 31.1 Å². The topological polar surface area (TPSA) is 78.9 Å². The predicted molar refractivity (Wildman–Crippen MR) is 192 cm³/mol. The van der Waals surface area contributed by atoms with Crippen LogP contribution in [0.2, 0.25) is 0 Å². The molecule has 1 unspecified atom stereocenters. The number of carbonyl (C=O) groups excluding carboxylic acids is 3. The first-order valence-electron chi connectivity index (χ1n) is 19.8. The molecule has 0 aromatic rings. The molecule has 0 aromatic heterocycles. The Morgan fingerprint density at radius 2 is 0.826 bits per heavy atom. The second kappa shape index (κ2) is 33.3. The Morgan fingerprint density at radius 3 is 1.24 bits per heavy atom. The van der Waals surface area contributed by atoms with Crippen LogP contribution in [0.5, 0.6) is 0 Å². The fourth-order valence-corrected chi connectivity index (χ4v) is 5.66. The molecule has 46 heavy (non-hydrogen) atoms. The van der Waals surface area contributed by atoms with Crippen molar-refractivity contribution in [2.45, 2.75) is 214 Å². The van der Waals surface area contributed by atoms with Crippen molar-refractivity contribution in [3.05, 3.63) is 0 Å².